The Hall–Kier alpha value is -0.280. The predicted molar refractivity (Wildman–Crippen MR) is 102 cm³/mol. The van der Waals surface area contributed by atoms with E-state index < -0.39 is 5.79 Å². The lowest BCUT2D eigenvalue weighted by Crippen LogP contribution is -2.49. The number of ether oxygens (including phenoxy) is 5. The third-order valence-electron chi connectivity index (χ3n) is 5.49. The smallest absolute Gasteiger partial charge is 0.168 e. The third kappa shape index (κ3) is 7.93. The molecule has 7 nitrogen and oxygen atoms in total. The van der Waals surface area contributed by atoms with Crippen LogP contribution < -0.4 is 0 Å². The van der Waals surface area contributed by atoms with Crippen molar-refractivity contribution >= 4 is 0 Å². The molecular formula is C20H40O7. The Bertz CT molecular complexity index is 368. The van der Waals surface area contributed by atoms with Gasteiger partial charge < -0.3 is 33.9 Å². The summed E-state index contributed by atoms with van der Waals surface area (Å²) in [7, 11) is 1.52. The van der Waals surface area contributed by atoms with Crippen molar-refractivity contribution in [1.29, 1.82) is 0 Å². The number of aliphatic hydroxyl groups excluding tert-OH is 1. The van der Waals surface area contributed by atoms with Crippen molar-refractivity contribution in [1.82, 2.24) is 0 Å². The molecule has 0 aromatic carbocycles. The minimum Gasteiger partial charge on any atom is -0.391 e. The van der Waals surface area contributed by atoms with Crippen molar-refractivity contribution in [3.8, 4) is 0 Å². The van der Waals surface area contributed by atoms with Gasteiger partial charge in [-0.3, -0.25) is 0 Å². The number of hydrogen-bond donors (Lipinski definition) is 2. The Balaban J connectivity index is 0.000000223. The lowest BCUT2D eigenvalue weighted by Gasteiger charge is -2.41. The molecule has 3 rings (SSSR count). The van der Waals surface area contributed by atoms with Gasteiger partial charge in [0.1, 0.15) is 6.10 Å². The number of rotatable bonds is 5. The predicted octanol–water partition coefficient (Wildman–Crippen LogP) is 2.62. The first kappa shape index (κ1) is 24.8. The van der Waals surface area contributed by atoms with Crippen LogP contribution >= 0.6 is 0 Å². The van der Waals surface area contributed by atoms with E-state index in [4.69, 9.17) is 28.8 Å². The van der Waals surface area contributed by atoms with Gasteiger partial charge in [0.2, 0.25) is 0 Å². The van der Waals surface area contributed by atoms with Crippen molar-refractivity contribution in [3.05, 3.63) is 0 Å². The molecule has 0 spiro atoms. The summed E-state index contributed by atoms with van der Waals surface area (Å²) in [5, 5.41) is 17.8. The van der Waals surface area contributed by atoms with Crippen molar-refractivity contribution < 1.29 is 33.9 Å². The highest BCUT2D eigenvalue weighted by Gasteiger charge is 2.43. The molecule has 3 atom stereocenters. The lowest BCUT2D eigenvalue weighted by molar-refractivity contribution is -0.312. The zero-order valence-electron chi connectivity index (χ0n) is 17.7. The Kier molecular flexibility index (Phi) is 11.3. The van der Waals surface area contributed by atoms with Crippen molar-refractivity contribution in [3.63, 3.8) is 0 Å². The first-order chi connectivity index (χ1) is 12.9. The van der Waals surface area contributed by atoms with Crippen LogP contribution in [-0.2, 0) is 23.7 Å². The molecule has 3 saturated heterocycles. The van der Waals surface area contributed by atoms with Crippen LogP contribution in [0.2, 0.25) is 0 Å². The van der Waals surface area contributed by atoms with E-state index in [1.165, 1.54) is 7.11 Å². The highest BCUT2D eigenvalue weighted by molar-refractivity contribution is 4.85. The molecule has 2 N–H and O–H groups in total. The van der Waals surface area contributed by atoms with E-state index in [-0.39, 0.29) is 24.1 Å². The van der Waals surface area contributed by atoms with Crippen LogP contribution in [0, 0.1) is 0 Å². The molecule has 3 unspecified atom stereocenters. The molecule has 0 saturated carbocycles. The Morgan fingerprint density at radius 2 is 1.67 bits per heavy atom. The fraction of sp³-hybridized carbons (Fsp3) is 1.00. The van der Waals surface area contributed by atoms with E-state index >= 15 is 0 Å². The van der Waals surface area contributed by atoms with Crippen LogP contribution in [0.5, 0.6) is 0 Å². The molecule has 0 bridgehead atoms. The number of fused-ring (bicyclic) bond motifs is 1. The van der Waals surface area contributed by atoms with Gasteiger partial charge in [-0.2, -0.15) is 0 Å². The van der Waals surface area contributed by atoms with Gasteiger partial charge in [0, 0.05) is 20.3 Å². The van der Waals surface area contributed by atoms with Gasteiger partial charge in [-0.15, -0.1) is 0 Å². The van der Waals surface area contributed by atoms with Crippen LogP contribution in [0.15, 0.2) is 0 Å². The third-order valence-corrected chi connectivity index (χ3v) is 5.49. The summed E-state index contributed by atoms with van der Waals surface area (Å²) in [5.74, 6) is -1.20. The zero-order chi connectivity index (χ0) is 20.3. The molecule has 0 aromatic rings. The van der Waals surface area contributed by atoms with Gasteiger partial charge in [-0.05, 0) is 38.5 Å². The van der Waals surface area contributed by atoms with Crippen LogP contribution in [0.3, 0.4) is 0 Å². The van der Waals surface area contributed by atoms with E-state index in [9.17, 15) is 5.11 Å². The summed E-state index contributed by atoms with van der Waals surface area (Å²) in [6.07, 6.45) is 5.28. The maximum absolute atomic E-state index is 9.22. The fourth-order valence-electron chi connectivity index (χ4n) is 3.14. The maximum Gasteiger partial charge on any atom is 0.168 e. The normalized spacial score (nSPS) is 29.2. The molecule has 3 aliphatic rings. The molecule has 0 aliphatic carbocycles. The molecule has 3 heterocycles. The summed E-state index contributed by atoms with van der Waals surface area (Å²) in [4.78, 5) is 0. The Morgan fingerprint density at radius 3 is 2.04 bits per heavy atom. The van der Waals surface area contributed by atoms with Crippen molar-refractivity contribution in [2.45, 2.75) is 96.1 Å². The average molecular weight is 393 g/mol. The van der Waals surface area contributed by atoms with Crippen molar-refractivity contribution in [2.24, 2.45) is 0 Å². The second-order valence-corrected chi connectivity index (χ2v) is 7.16. The van der Waals surface area contributed by atoms with Crippen molar-refractivity contribution in [2.75, 3.05) is 33.5 Å². The summed E-state index contributed by atoms with van der Waals surface area (Å²) < 4.78 is 26.8. The van der Waals surface area contributed by atoms with E-state index in [2.05, 4.69) is 13.8 Å². The second-order valence-electron chi connectivity index (χ2n) is 7.16. The van der Waals surface area contributed by atoms with Gasteiger partial charge in [0.15, 0.2) is 11.6 Å². The molecule has 162 valence electrons. The zero-order valence-corrected chi connectivity index (χ0v) is 17.7. The molecule has 7 heteroatoms. The highest BCUT2D eigenvalue weighted by Crippen LogP contribution is 2.34. The standard InChI is InChI=1S/C10H18O3.C6H14O2.C4H8O2/c1-3-10(4-2)12-7-9-8(13-10)5-6-11-9;1-4-6(7,5-2)8-3;5-4-1-2-6-3-4/h8-9H,3-7H2,1-2H3;7H,4-5H2,1-3H3;4-5H,1-3H2. The maximum atomic E-state index is 9.22. The minimum atomic E-state index is -0.875. The Labute approximate surface area is 164 Å². The monoisotopic (exact) mass is 392 g/mol. The van der Waals surface area contributed by atoms with Crippen LogP contribution in [-0.4, -0.2) is 73.6 Å². The highest BCUT2D eigenvalue weighted by atomic mass is 16.7. The quantitative estimate of drug-likeness (QED) is 0.696. The van der Waals surface area contributed by atoms with E-state index in [1.807, 2.05) is 13.8 Å². The summed E-state index contributed by atoms with van der Waals surface area (Å²) in [5.41, 5.74) is 0. The summed E-state index contributed by atoms with van der Waals surface area (Å²) in [6.45, 7) is 10.8. The first-order valence-electron chi connectivity index (χ1n) is 10.3. The van der Waals surface area contributed by atoms with Crippen LogP contribution in [0.1, 0.15) is 66.2 Å². The second kappa shape index (κ2) is 12.3. The molecular weight excluding hydrogens is 352 g/mol. The van der Waals surface area contributed by atoms with E-state index in [0.29, 0.717) is 26.1 Å². The number of hydrogen-bond acceptors (Lipinski definition) is 7. The summed E-state index contributed by atoms with van der Waals surface area (Å²) in [6, 6.07) is 0. The number of aliphatic hydroxyl groups is 2. The molecule has 3 aliphatic heterocycles. The van der Waals surface area contributed by atoms with Gasteiger partial charge in [-0.25, -0.2) is 0 Å². The average Bonchev–Trinajstić information content (AvgIpc) is 3.38. The number of methoxy groups -OCH3 is 1. The van der Waals surface area contributed by atoms with Gasteiger partial charge >= 0.3 is 0 Å². The topological polar surface area (TPSA) is 86.6 Å². The van der Waals surface area contributed by atoms with E-state index in [0.717, 1.165) is 38.9 Å². The molecule has 0 amide bonds. The van der Waals surface area contributed by atoms with Gasteiger partial charge in [-0.1, -0.05) is 27.7 Å². The first-order valence-corrected chi connectivity index (χ1v) is 10.3. The SMILES string of the molecule is CCC(O)(CC)OC.CCC1(CC)OCC2OCCC2O1.OC1CCOC1. The fourth-order valence-corrected chi connectivity index (χ4v) is 3.14. The lowest BCUT2D eigenvalue weighted by atomic mass is 10.1. The van der Waals surface area contributed by atoms with Crippen LogP contribution in [0.25, 0.3) is 0 Å². The van der Waals surface area contributed by atoms with Crippen LogP contribution in [0.4, 0.5) is 0 Å². The Morgan fingerprint density at radius 1 is 1.00 bits per heavy atom. The largest absolute Gasteiger partial charge is 0.391 e. The summed E-state index contributed by atoms with van der Waals surface area (Å²) >= 11 is 0. The minimum absolute atomic E-state index is 0.176. The molecule has 3 fully saturated rings. The van der Waals surface area contributed by atoms with Gasteiger partial charge in [0.25, 0.3) is 0 Å². The molecule has 0 aromatic heterocycles. The van der Waals surface area contributed by atoms with E-state index in [1.54, 1.807) is 0 Å². The van der Waals surface area contributed by atoms with Gasteiger partial charge in [0.05, 0.1) is 25.4 Å². The molecule has 0 radical (unpaired) electrons. The molecule has 27 heavy (non-hydrogen) atoms.